The summed E-state index contributed by atoms with van der Waals surface area (Å²) in [6.07, 6.45) is 14.0. The molecule has 0 aromatic carbocycles. The average molecular weight is 285 g/mol. The summed E-state index contributed by atoms with van der Waals surface area (Å²) in [6, 6.07) is 2.12. The van der Waals surface area contributed by atoms with E-state index >= 15 is 0 Å². The molecule has 1 saturated carbocycles. The maximum atomic E-state index is 11.4. The predicted octanol–water partition coefficient (Wildman–Crippen LogP) is 3.06. The van der Waals surface area contributed by atoms with Crippen LogP contribution in [0, 0.1) is 29.6 Å². The maximum Gasteiger partial charge on any atom is 0.330 e. The van der Waals surface area contributed by atoms with Crippen molar-refractivity contribution in [3.63, 3.8) is 0 Å². The Labute approximate surface area is 127 Å². The quantitative estimate of drug-likeness (QED) is 0.457. The summed E-state index contributed by atoms with van der Waals surface area (Å²) in [7, 11) is 0. The first kappa shape index (κ1) is 15.4. The van der Waals surface area contributed by atoms with E-state index in [1.165, 1.54) is 5.56 Å². The largest absolute Gasteiger partial charge is 0.463 e. The van der Waals surface area contributed by atoms with Gasteiger partial charge in [0.05, 0.1) is 13.2 Å². The van der Waals surface area contributed by atoms with E-state index in [4.69, 9.17) is 11.2 Å². The molecule has 1 aliphatic rings. The lowest BCUT2D eigenvalue weighted by molar-refractivity contribution is -0.137. The second-order valence-corrected chi connectivity index (χ2v) is 6.17. The van der Waals surface area contributed by atoms with Crippen molar-refractivity contribution in [2.45, 2.75) is 33.7 Å². The Kier molecular flexibility index (Phi) is 4.57. The fourth-order valence-electron chi connectivity index (χ4n) is 3.00. The number of carbonyl (C=O) groups is 1. The molecule has 2 rings (SSSR count). The minimum Gasteiger partial charge on any atom is -0.463 e. The van der Waals surface area contributed by atoms with Gasteiger partial charge in [0.25, 0.3) is 0 Å². The number of aromatic nitrogens is 1. The number of carbonyl (C=O) groups excluding carboxylic acids is 1. The van der Waals surface area contributed by atoms with Crippen molar-refractivity contribution in [1.29, 1.82) is 0 Å². The van der Waals surface area contributed by atoms with Crippen molar-refractivity contribution in [2.75, 3.05) is 6.61 Å². The van der Waals surface area contributed by atoms with Gasteiger partial charge in [-0.05, 0) is 42.2 Å². The maximum absolute atomic E-state index is 11.4. The lowest BCUT2D eigenvalue weighted by Crippen LogP contribution is -1.99. The third-order valence-corrected chi connectivity index (χ3v) is 4.41. The van der Waals surface area contributed by atoms with E-state index in [-0.39, 0.29) is 11.4 Å². The summed E-state index contributed by atoms with van der Waals surface area (Å²) in [5, 5.41) is 0. The second-order valence-electron chi connectivity index (χ2n) is 6.17. The van der Waals surface area contributed by atoms with Crippen molar-refractivity contribution in [2.24, 2.45) is 17.3 Å². The number of hydrogen-bond acceptors (Lipinski definition) is 2. The van der Waals surface area contributed by atoms with Gasteiger partial charge in [0, 0.05) is 18.5 Å². The number of terminal acetylenes is 1. The van der Waals surface area contributed by atoms with Crippen LogP contribution < -0.4 is 0 Å². The van der Waals surface area contributed by atoms with Gasteiger partial charge in [0.1, 0.15) is 0 Å². The van der Waals surface area contributed by atoms with Gasteiger partial charge < -0.3 is 9.30 Å². The van der Waals surface area contributed by atoms with Crippen LogP contribution in [0.4, 0.5) is 0 Å². The van der Waals surface area contributed by atoms with Gasteiger partial charge in [-0.3, -0.25) is 0 Å². The Morgan fingerprint density at radius 3 is 3.00 bits per heavy atom. The standard InChI is InChI=1S/C18H23NO2/c1-5-10-19-11-9-14(13-19)12-16-15(18(16,3)4)7-8-17(20)21-6-2/h1,7-9,11,13,15-16H,6,10,12H2,2-4H3/b8-7-/t15?,16-/m1/s1. The van der Waals surface area contributed by atoms with Crippen molar-refractivity contribution in [3.8, 4) is 12.3 Å². The van der Waals surface area contributed by atoms with E-state index in [0.29, 0.717) is 25.0 Å². The van der Waals surface area contributed by atoms with Gasteiger partial charge >= 0.3 is 5.97 Å². The summed E-state index contributed by atoms with van der Waals surface area (Å²) in [6.45, 7) is 7.34. The van der Waals surface area contributed by atoms with Crippen LogP contribution >= 0.6 is 0 Å². The highest BCUT2D eigenvalue weighted by Crippen LogP contribution is 2.60. The summed E-state index contributed by atoms with van der Waals surface area (Å²) in [5.74, 6) is 3.37. The first-order valence-corrected chi connectivity index (χ1v) is 7.42. The van der Waals surface area contributed by atoms with Crippen LogP contribution in [-0.2, 0) is 22.5 Å². The highest BCUT2D eigenvalue weighted by Gasteiger charge is 2.55. The molecule has 1 aromatic heterocycles. The molecule has 0 saturated heterocycles. The van der Waals surface area contributed by atoms with Crippen molar-refractivity contribution < 1.29 is 9.53 Å². The summed E-state index contributed by atoms with van der Waals surface area (Å²) in [4.78, 5) is 11.4. The number of esters is 1. The van der Waals surface area contributed by atoms with E-state index in [2.05, 4.69) is 32.0 Å². The van der Waals surface area contributed by atoms with Crippen LogP contribution in [0.5, 0.6) is 0 Å². The molecule has 0 bridgehead atoms. The number of nitrogens with zero attached hydrogens (tertiary/aromatic N) is 1. The molecule has 0 spiro atoms. The molecule has 112 valence electrons. The predicted molar refractivity (Wildman–Crippen MR) is 83.5 cm³/mol. The lowest BCUT2D eigenvalue weighted by Gasteiger charge is -2.00. The van der Waals surface area contributed by atoms with Crippen LogP contribution in [0.3, 0.4) is 0 Å². The summed E-state index contributed by atoms with van der Waals surface area (Å²) < 4.78 is 6.95. The molecule has 1 unspecified atom stereocenters. The molecule has 0 amide bonds. The van der Waals surface area contributed by atoms with Crippen LogP contribution in [0.2, 0.25) is 0 Å². The molecule has 21 heavy (non-hydrogen) atoms. The molecule has 1 heterocycles. The highest BCUT2D eigenvalue weighted by molar-refractivity contribution is 5.82. The average Bonchev–Trinajstić information content (AvgIpc) is 2.75. The third kappa shape index (κ3) is 3.58. The molecule has 0 radical (unpaired) electrons. The Hall–Kier alpha value is -1.95. The zero-order chi connectivity index (χ0) is 15.5. The zero-order valence-corrected chi connectivity index (χ0v) is 13.0. The van der Waals surface area contributed by atoms with Crippen molar-refractivity contribution >= 4 is 5.97 Å². The Balaban J connectivity index is 1.94. The minimum absolute atomic E-state index is 0.233. The fourth-order valence-corrected chi connectivity index (χ4v) is 3.00. The van der Waals surface area contributed by atoms with Crippen LogP contribution in [-0.4, -0.2) is 17.1 Å². The number of allylic oxidation sites excluding steroid dienone is 1. The smallest absolute Gasteiger partial charge is 0.330 e. The van der Waals surface area contributed by atoms with Crippen LogP contribution in [0.1, 0.15) is 26.3 Å². The minimum atomic E-state index is -0.251. The molecule has 1 aromatic rings. The van der Waals surface area contributed by atoms with E-state index in [1.54, 1.807) is 6.08 Å². The first-order chi connectivity index (χ1) is 9.98. The Morgan fingerprint density at radius 2 is 2.33 bits per heavy atom. The lowest BCUT2D eigenvalue weighted by atomic mass is 10.1. The Bertz CT molecular complexity index is 574. The Morgan fingerprint density at radius 1 is 1.57 bits per heavy atom. The number of rotatable bonds is 6. The van der Waals surface area contributed by atoms with E-state index in [9.17, 15) is 4.79 Å². The number of hydrogen-bond donors (Lipinski definition) is 0. The van der Waals surface area contributed by atoms with Gasteiger partial charge in [-0.15, -0.1) is 6.42 Å². The second kappa shape index (κ2) is 6.22. The first-order valence-electron chi connectivity index (χ1n) is 7.42. The summed E-state index contributed by atoms with van der Waals surface area (Å²) >= 11 is 0. The van der Waals surface area contributed by atoms with Crippen LogP contribution in [0.25, 0.3) is 0 Å². The highest BCUT2D eigenvalue weighted by atomic mass is 16.5. The fraction of sp³-hybridized carbons (Fsp3) is 0.500. The van der Waals surface area contributed by atoms with Gasteiger partial charge in [-0.2, -0.15) is 0 Å². The topological polar surface area (TPSA) is 31.2 Å². The van der Waals surface area contributed by atoms with Crippen LogP contribution in [0.15, 0.2) is 30.6 Å². The molecule has 0 aliphatic heterocycles. The van der Waals surface area contributed by atoms with Crippen molar-refractivity contribution in [3.05, 3.63) is 36.2 Å². The monoisotopic (exact) mass is 285 g/mol. The molecule has 3 heteroatoms. The molecule has 1 aliphatic carbocycles. The molecule has 2 atom stereocenters. The van der Waals surface area contributed by atoms with E-state index in [1.807, 2.05) is 23.8 Å². The molecule has 3 nitrogen and oxygen atoms in total. The zero-order valence-electron chi connectivity index (χ0n) is 13.0. The van der Waals surface area contributed by atoms with Crippen molar-refractivity contribution in [1.82, 2.24) is 4.57 Å². The molecule has 0 N–H and O–H groups in total. The normalized spacial score (nSPS) is 23.0. The van der Waals surface area contributed by atoms with Gasteiger partial charge in [-0.1, -0.05) is 25.8 Å². The third-order valence-electron chi connectivity index (χ3n) is 4.41. The van der Waals surface area contributed by atoms with E-state index < -0.39 is 0 Å². The van der Waals surface area contributed by atoms with Gasteiger partial charge in [-0.25, -0.2) is 4.79 Å². The summed E-state index contributed by atoms with van der Waals surface area (Å²) in [5.41, 5.74) is 1.53. The van der Waals surface area contributed by atoms with E-state index in [0.717, 1.165) is 6.42 Å². The molecule has 1 fully saturated rings. The molecular weight excluding hydrogens is 262 g/mol. The number of ether oxygens (including phenoxy) is 1. The molecular formula is C18H23NO2. The van der Waals surface area contributed by atoms with Gasteiger partial charge in [0.2, 0.25) is 0 Å². The SMILES string of the molecule is C#CCn1ccc(C[C@@H]2C(/C=C\C(=O)OCC)C2(C)C)c1. The van der Waals surface area contributed by atoms with Gasteiger partial charge in [0.15, 0.2) is 0 Å².